The van der Waals surface area contributed by atoms with Crippen LogP contribution in [-0.2, 0) is 0 Å². The number of rotatable bonds is 8. The summed E-state index contributed by atoms with van der Waals surface area (Å²) in [5, 5.41) is 21.6. The average Bonchev–Trinajstić information content (AvgIpc) is 3.03. The smallest absolute Gasteiger partial charge is 0.133 e. The molecule has 2 fully saturated rings. The molecule has 0 amide bonds. The molecule has 0 aliphatic carbocycles. The van der Waals surface area contributed by atoms with Crippen molar-refractivity contribution in [2.45, 2.75) is 58.3 Å². The van der Waals surface area contributed by atoms with Crippen LogP contribution in [-0.4, -0.2) is 71.2 Å². The first-order valence-corrected chi connectivity index (χ1v) is 13.0. The van der Waals surface area contributed by atoms with Crippen molar-refractivity contribution < 1.29 is 10.2 Å². The average molecular weight is 421 g/mol. The van der Waals surface area contributed by atoms with Crippen LogP contribution in [0.3, 0.4) is 0 Å². The van der Waals surface area contributed by atoms with Gasteiger partial charge in [0, 0.05) is 26.2 Å². The van der Waals surface area contributed by atoms with Crippen LogP contribution in [0.4, 0.5) is 0 Å². The lowest BCUT2D eigenvalue weighted by Crippen LogP contribution is -2.47. The highest BCUT2D eigenvalue weighted by Gasteiger charge is 2.34. The number of nitrogens with zero attached hydrogens (tertiary/aromatic N) is 2. The SMILES string of the molecule is CCN(CC(O)C1CCCPCC1)CC1(C)CCN(C(O)c2ccccc2)CC1. The highest BCUT2D eigenvalue weighted by Crippen LogP contribution is 2.35. The van der Waals surface area contributed by atoms with Gasteiger partial charge in [0.15, 0.2) is 0 Å². The molecule has 0 spiro atoms. The van der Waals surface area contributed by atoms with Gasteiger partial charge in [0.05, 0.1) is 6.10 Å². The Morgan fingerprint density at radius 1 is 1.14 bits per heavy atom. The summed E-state index contributed by atoms with van der Waals surface area (Å²) < 4.78 is 0. The first-order valence-electron chi connectivity index (χ1n) is 11.6. The van der Waals surface area contributed by atoms with E-state index in [4.69, 9.17) is 0 Å². The van der Waals surface area contributed by atoms with Crippen molar-refractivity contribution in [2.24, 2.45) is 11.3 Å². The molecule has 4 nitrogen and oxygen atoms in total. The molecule has 29 heavy (non-hydrogen) atoms. The van der Waals surface area contributed by atoms with Crippen LogP contribution in [0.2, 0.25) is 0 Å². The standard InChI is InChI=1S/C24H41N2O2P/c1-3-25(18-22(27)20-10-7-16-29-17-11-20)19-24(2)12-14-26(15-13-24)23(28)21-8-5-4-6-9-21/h4-6,8-9,20,22-23,27-29H,3,7,10-19H2,1-2H3. The van der Waals surface area contributed by atoms with Gasteiger partial charge in [-0.05, 0) is 67.9 Å². The van der Waals surface area contributed by atoms with Gasteiger partial charge in [0.25, 0.3) is 0 Å². The minimum absolute atomic E-state index is 0.179. The van der Waals surface area contributed by atoms with Gasteiger partial charge in [-0.15, -0.1) is 8.58 Å². The normalized spacial score (nSPS) is 26.3. The molecular weight excluding hydrogens is 379 g/mol. The fraction of sp³-hybridized carbons (Fsp3) is 0.750. The molecule has 2 aliphatic rings. The van der Waals surface area contributed by atoms with Gasteiger partial charge >= 0.3 is 0 Å². The van der Waals surface area contributed by atoms with Gasteiger partial charge in [0.1, 0.15) is 6.23 Å². The Morgan fingerprint density at radius 2 is 1.86 bits per heavy atom. The zero-order valence-corrected chi connectivity index (χ0v) is 19.4. The van der Waals surface area contributed by atoms with E-state index in [1.165, 1.54) is 31.6 Å². The zero-order chi connectivity index (χ0) is 20.7. The van der Waals surface area contributed by atoms with Crippen molar-refractivity contribution in [1.29, 1.82) is 0 Å². The second kappa shape index (κ2) is 11.2. The van der Waals surface area contributed by atoms with E-state index in [2.05, 4.69) is 23.6 Å². The van der Waals surface area contributed by atoms with Crippen LogP contribution in [0.25, 0.3) is 0 Å². The molecular formula is C24H41N2O2P. The van der Waals surface area contributed by atoms with E-state index in [-0.39, 0.29) is 11.5 Å². The number of hydrogen-bond acceptors (Lipinski definition) is 4. The second-order valence-corrected chi connectivity index (χ2v) is 11.0. The van der Waals surface area contributed by atoms with Gasteiger partial charge in [-0.3, -0.25) is 4.90 Å². The van der Waals surface area contributed by atoms with Crippen LogP contribution in [0.5, 0.6) is 0 Å². The molecule has 0 aromatic heterocycles. The van der Waals surface area contributed by atoms with Crippen molar-refractivity contribution in [1.82, 2.24) is 9.80 Å². The van der Waals surface area contributed by atoms with E-state index in [9.17, 15) is 10.2 Å². The third-order valence-corrected chi connectivity index (χ3v) is 8.46. The van der Waals surface area contributed by atoms with Gasteiger partial charge in [0.2, 0.25) is 0 Å². The lowest BCUT2D eigenvalue weighted by molar-refractivity contribution is -0.0425. The molecule has 0 bridgehead atoms. The first kappa shape index (κ1) is 23.2. The Bertz CT molecular complexity index is 584. The third-order valence-electron chi connectivity index (χ3n) is 7.11. The molecule has 0 radical (unpaired) electrons. The van der Waals surface area contributed by atoms with Crippen LogP contribution in [0.15, 0.2) is 30.3 Å². The third kappa shape index (κ3) is 6.74. The minimum Gasteiger partial charge on any atom is -0.392 e. The molecule has 2 saturated heterocycles. The lowest BCUT2D eigenvalue weighted by atomic mass is 9.79. The van der Waals surface area contributed by atoms with Crippen LogP contribution in [0.1, 0.15) is 57.7 Å². The lowest BCUT2D eigenvalue weighted by Gasteiger charge is -2.44. The Labute approximate surface area is 179 Å². The van der Waals surface area contributed by atoms with Gasteiger partial charge in [-0.25, -0.2) is 0 Å². The number of benzene rings is 1. The Morgan fingerprint density at radius 3 is 2.55 bits per heavy atom. The number of aliphatic hydroxyl groups excluding tert-OH is 2. The zero-order valence-electron chi connectivity index (χ0n) is 18.4. The molecule has 4 atom stereocenters. The van der Waals surface area contributed by atoms with E-state index in [1.807, 2.05) is 30.3 Å². The maximum atomic E-state index is 10.9. The topological polar surface area (TPSA) is 46.9 Å². The largest absolute Gasteiger partial charge is 0.392 e. The fourth-order valence-corrected chi connectivity index (χ4v) is 6.27. The predicted molar refractivity (Wildman–Crippen MR) is 124 cm³/mol. The van der Waals surface area contributed by atoms with Crippen molar-refractivity contribution in [3.05, 3.63) is 35.9 Å². The molecule has 3 rings (SSSR count). The number of likely N-dealkylation sites (N-methyl/N-ethyl adjacent to an activating group) is 1. The van der Waals surface area contributed by atoms with Crippen LogP contribution < -0.4 is 0 Å². The van der Waals surface area contributed by atoms with Gasteiger partial charge in [-0.1, -0.05) is 44.2 Å². The summed E-state index contributed by atoms with van der Waals surface area (Å²) in [6.07, 6.45) is 7.89. The molecule has 2 heterocycles. The molecule has 1 aromatic rings. The number of piperidine rings is 1. The minimum atomic E-state index is -0.499. The summed E-state index contributed by atoms with van der Waals surface area (Å²) >= 11 is 0. The van der Waals surface area contributed by atoms with Crippen molar-refractivity contribution >= 4 is 8.58 Å². The van der Waals surface area contributed by atoms with Gasteiger partial charge in [-0.2, -0.15) is 0 Å². The molecule has 1 aromatic carbocycles. The Kier molecular flexibility index (Phi) is 8.95. The van der Waals surface area contributed by atoms with Crippen LogP contribution >= 0.6 is 8.58 Å². The summed E-state index contributed by atoms with van der Waals surface area (Å²) in [6.45, 7) is 9.32. The van der Waals surface area contributed by atoms with E-state index in [0.717, 1.165) is 59.7 Å². The molecule has 2 aliphatic heterocycles. The maximum absolute atomic E-state index is 10.9. The Hall–Kier alpha value is -0.510. The molecule has 0 saturated carbocycles. The van der Waals surface area contributed by atoms with Crippen molar-refractivity contribution in [3.8, 4) is 0 Å². The van der Waals surface area contributed by atoms with Crippen LogP contribution in [0, 0.1) is 11.3 Å². The molecule has 2 N–H and O–H groups in total. The summed E-state index contributed by atoms with van der Waals surface area (Å²) in [7, 11) is 1.10. The first-order chi connectivity index (χ1) is 14.0. The second-order valence-electron chi connectivity index (χ2n) is 9.47. The van der Waals surface area contributed by atoms with E-state index in [0.29, 0.717) is 5.92 Å². The summed E-state index contributed by atoms with van der Waals surface area (Å²) in [5.41, 5.74) is 1.24. The quantitative estimate of drug-likeness (QED) is 0.626. The highest BCUT2D eigenvalue weighted by molar-refractivity contribution is 7.37. The fourth-order valence-electron chi connectivity index (χ4n) is 4.99. The highest BCUT2D eigenvalue weighted by atomic mass is 31.1. The predicted octanol–water partition coefficient (Wildman–Crippen LogP) is 3.94. The summed E-state index contributed by atoms with van der Waals surface area (Å²) in [4.78, 5) is 4.68. The van der Waals surface area contributed by atoms with E-state index in [1.54, 1.807) is 0 Å². The van der Waals surface area contributed by atoms with Crippen molar-refractivity contribution in [2.75, 3.05) is 45.0 Å². The monoisotopic (exact) mass is 420 g/mol. The van der Waals surface area contributed by atoms with Gasteiger partial charge < -0.3 is 15.1 Å². The molecule has 164 valence electrons. The Balaban J connectivity index is 1.49. The van der Waals surface area contributed by atoms with E-state index >= 15 is 0 Å². The van der Waals surface area contributed by atoms with E-state index < -0.39 is 6.23 Å². The number of aliphatic hydroxyl groups is 2. The number of likely N-dealkylation sites (tertiary alicyclic amines) is 1. The summed E-state index contributed by atoms with van der Waals surface area (Å²) in [5.74, 6) is 0.495. The summed E-state index contributed by atoms with van der Waals surface area (Å²) in [6, 6.07) is 9.99. The maximum Gasteiger partial charge on any atom is 0.133 e. The molecule has 5 heteroatoms. The molecule has 4 unspecified atom stereocenters. The number of hydrogen-bond donors (Lipinski definition) is 2. The van der Waals surface area contributed by atoms with Crippen molar-refractivity contribution in [3.63, 3.8) is 0 Å².